The van der Waals surface area contributed by atoms with Gasteiger partial charge < -0.3 is 9.52 Å². The van der Waals surface area contributed by atoms with Gasteiger partial charge in [0.05, 0.1) is 17.9 Å². The number of likely N-dealkylation sites (tertiary alicyclic amines) is 1. The van der Waals surface area contributed by atoms with E-state index in [2.05, 4.69) is 56.8 Å². The van der Waals surface area contributed by atoms with Crippen molar-refractivity contribution in [3.63, 3.8) is 0 Å². The highest BCUT2D eigenvalue weighted by atomic mass is 79.9. The molecule has 2 fully saturated rings. The van der Waals surface area contributed by atoms with Gasteiger partial charge in [-0.1, -0.05) is 60.6 Å². The van der Waals surface area contributed by atoms with Gasteiger partial charge in [-0.3, -0.25) is 14.3 Å². The molecule has 38 heavy (non-hydrogen) atoms. The van der Waals surface area contributed by atoms with Crippen LogP contribution < -0.4 is 0 Å². The van der Waals surface area contributed by atoms with Crippen molar-refractivity contribution >= 4 is 61.3 Å². The Balaban J connectivity index is 1.23. The lowest BCUT2D eigenvalue weighted by Gasteiger charge is -2.40. The van der Waals surface area contributed by atoms with Gasteiger partial charge in [0.1, 0.15) is 5.52 Å². The zero-order valence-corrected chi connectivity index (χ0v) is 24.0. The number of hydrogen-bond acceptors (Lipinski definition) is 7. The molecule has 1 N–H and O–H groups in total. The first kappa shape index (κ1) is 25.6. The Morgan fingerprint density at radius 3 is 2.87 bits per heavy atom. The lowest BCUT2D eigenvalue weighted by atomic mass is 9.65. The molecular formula is C28H30BrN5O3S. The first-order chi connectivity index (χ1) is 18.1. The molecule has 0 radical (unpaired) electrons. The van der Waals surface area contributed by atoms with E-state index < -0.39 is 5.91 Å². The van der Waals surface area contributed by atoms with Crippen LogP contribution in [0.1, 0.15) is 40.0 Å². The fourth-order valence-electron chi connectivity index (χ4n) is 6.63. The predicted octanol–water partition coefficient (Wildman–Crippen LogP) is 7.51. The molecule has 1 aliphatic carbocycles. The van der Waals surface area contributed by atoms with Crippen molar-refractivity contribution in [2.24, 2.45) is 21.1 Å². The highest BCUT2D eigenvalue weighted by Gasteiger charge is 2.49. The summed E-state index contributed by atoms with van der Waals surface area (Å²) in [5.41, 5.74) is 3.18. The third-order valence-corrected chi connectivity index (χ3v) is 8.98. The van der Waals surface area contributed by atoms with Gasteiger partial charge in [-0.2, -0.15) is 0 Å². The lowest BCUT2D eigenvalue weighted by Crippen LogP contribution is -2.35. The molecule has 0 spiro atoms. The molecule has 1 saturated carbocycles. The van der Waals surface area contributed by atoms with E-state index in [1.54, 1.807) is 0 Å². The quantitative estimate of drug-likeness (QED) is 0.183. The molecule has 2 atom stereocenters. The maximum Gasteiger partial charge on any atom is 0.275 e. The van der Waals surface area contributed by atoms with Gasteiger partial charge in [-0.25, -0.2) is 4.98 Å². The summed E-state index contributed by atoms with van der Waals surface area (Å²) in [5, 5.41) is 20.6. The maximum atomic E-state index is 12.6. The van der Waals surface area contributed by atoms with Gasteiger partial charge in [0.15, 0.2) is 11.3 Å². The molecule has 3 heterocycles. The molecule has 6 rings (SSSR count). The number of para-hydroxylation sites is 2. The van der Waals surface area contributed by atoms with Crippen molar-refractivity contribution < 1.29 is 14.3 Å². The number of hydrogen-bond donors (Lipinski definition) is 1. The molecule has 8 nitrogen and oxygen atoms in total. The van der Waals surface area contributed by atoms with E-state index in [1.807, 2.05) is 47.0 Å². The summed E-state index contributed by atoms with van der Waals surface area (Å²) in [7, 11) is 0. The number of carbonyl (C=O) groups excluding carboxylic acids is 1. The van der Waals surface area contributed by atoms with E-state index in [-0.39, 0.29) is 17.0 Å². The van der Waals surface area contributed by atoms with E-state index >= 15 is 0 Å². The number of rotatable bonds is 6. The number of nitrogens with zero attached hydrogens (tertiary/aromatic N) is 5. The minimum absolute atomic E-state index is 0.0205. The number of carbonyl (C=O) groups is 1. The number of aromatic nitrogens is 2. The van der Waals surface area contributed by atoms with Crippen LogP contribution in [0.3, 0.4) is 0 Å². The summed E-state index contributed by atoms with van der Waals surface area (Å²) in [6.07, 6.45) is 3.54. The van der Waals surface area contributed by atoms with E-state index in [9.17, 15) is 9.90 Å². The molecule has 10 heteroatoms. The monoisotopic (exact) mass is 595 g/mol. The zero-order valence-electron chi connectivity index (χ0n) is 21.6. The molecule has 1 saturated heterocycles. The minimum atomic E-state index is -0.434. The van der Waals surface area contributed by atoms with Crippen molar-refractivity contribution in [1.82, 2.24) is 14.5 Å². The Morgan fingerprint density at radius 2 is 2.05 bits per heavy atom. The molecule has 198 valence electrons. The Labute approximate surface area is 233 Å². The minimum Gasteiger partial charge on any atom is -0.493 e. The van der Waals surface area contributed by atoms with Gasteiger partial charge in [0.2, 0.25) is 5.88 Å². The topological polar surface area (TPSA) is 96.2 Å². The van der Waals surface area contributed by atoms with Crippen LogP contribution in [-0.4, -0.2) is 43.8 Å². The average molecular weight is 597 g/mol. The van der Waals surface area contributed by atoms with E-state index in [0.717, 1.165) is 33.9 Å². The van der Waals surface area contributed by atoms with Crippen LogP contribution in [-0.2, 0) is 11.5 Å². The third-order valence-electron chi connectivity index (χ3n) is 7.67. The number of oxazole rings is 1. The number of thioether (sulfide) groups is 1. The van der Waals surface area contributed by atoms with Gasteiger partial charge >= 0.3 is 0 Å². The Morgan fingerprint density at radius 1 is 1.24 bits per heavy atom. The second kappa shape index (κ2) is 9.50. The normalized spacial score (nSPS) is 23.2. The SMILES string of the molecule is CC1(C)C[C@@H]2C[C@@](C)(CN2Cn2c(O)c(N=NC(=O)CSc3nc4ccccc4o3)c3cc(Br)ccc32)C1. The van der Waals surface area contributed by atoms with Crippen molar-refractivity contribution in [3.8, 4) is 5.88 Å². The Bertz CT molecular complexity index is 1540. The second-order valence-corrected chi connectivity index (χ2v) is 13.5. The van der Waals surface area contributed by atoms with E-state index in [4.69, 9.17) is 4.42 Å². The van der Waals surface area contributed by atoms with Gasteiger partial charge in [0.25, 0.3) is 11.1 Å². The van der Waals surface area contributed by atoms with Crippen LogP contribution in [0.15, 0.2) is 66.8 Å². The first-order valence-corrected chi connectivity index (χ1v) is 14.5. The fraction of sp³-hybridized carbons (Fsp3) is 0.429. The highest BCUT2D eigenvalue weighted by Crippen LogP contribution is 2.53. The van der Waals surface area contributed by atoms with Crippen LogP contribution in [0.25, 0.3) is 22.0 Å². The third kappa shape index (κ3) is 4.89. The summed E-state index contributed by atoms with van der Waals surface area (Å²) in [4.78, 5) is 19.4. The van der Waals surface area contributed by atoms with Crippen molar-refractivity contribution in [2.45, 2.75) is 58.0 Å². The van der Waals surface area contributed by atoms with Crippen LogP contribution >= 0.6 is 27.7 Å². The molecule has 1 aliphatic heterocycles. The maximum absolute atomic E-state index is 12.6. The average Bonchev–Trinajstić information content (AvgIpc) is 3.45. The lowest BCUT2D eigenvalue weighted by molar-refractivity contribution is -0.115. The van der Waals surface area contributed by atoms with E-state index in [0.29, 0.717) is 34.6 Å². The summed E-state index contributed by atoms with van der Waals surface area (Å²) >= 11 is 4.70. The summed E-state index contributed by atoms with van der Waals surface area (Å²) in [5.74, 6) is -0.383. The van der Waals surface area contributed by atoms with Gasteiger partial charge in [0, 0.05) is 22.4 Å². The van der Waals surface area contributed by atoms with E-state index in [1.165, 1.54) is 24.6 Å². The van der Waals surface area contributed by atoms with Crippen molar-refractivity contribution in [3.05, 3.63) is 46.9 Å². The molecule has 2 aromatic heterocycles. The Kier molecular flexibility index (Phi) is 6.39. The van der Waals surface area contributed by atoms with Crippen LogP contribution in [0, 0.1) is 10.8 Å². The first-order valence-electron chi connectivity index (χ1n) is 12.8. The van der Waals surface area contributed by atoms with Crippen molar-refractivity contribution in [1.29, 1.82) is 0 Å². The molecule has 2 aromatic carbocycles. The number of halogens is 1. The van der Waals surface area contributed by atoms with Gasteiger partial charge in [-0.05, 0) is 60.4 Å². The summed E-state index contributed by atoms with van der Waals surface area (Å²) in [6, 6.07) is 13.8. The molecule has 2 aliphatic rings. The summed E-state index contributed by atoms with van der Waals surface area (Å²) < 4.78 is 8.42. The zero-order chi connectivity index (χ0) is 26.7. The standard InChI is InChI=1S/C28H30BrN5O3S/c1-27(2)11-18-12-28(3,14-27)15-33(18)16-34-21-9-8-17(29)10-19(21)24(25(34)36)32-31-23(35)13-38-26-30-20-6-4-5-7-22(20)37-26/h4-10,18,36H,11-16H2,1-3H3/t18-,28-/m1/s1. The smallest absolute Gasteiger partial charge is 0.275 e. The predicted molar refractivity (Wildman–Crippen MR) is 152 cm³/mol. The highest BCUT2D eigenvalue weighted by molar-refractivity contribution is 9.10. The molecule has 2 bridgehead atoms. The largest absolute Gasteiger partial charge is 0.493 e. The number of azo groups is 1. The molecule has 0 unspecified atom stereocenters. The molecule has 4 aromatic rings. The van der Waals surface area contributed by atoms with Crippen LogP contribution in [0.5, 0.6) is 5.88 Å². The van der Waals surface area contributed by atoms with Crippen molar-refractivity contribution in [2.75, 3.05) is 12.3 Å². The number of amides is 1. The Hall–Kier alpha value is -2.69. The van der Waals surface area contributed by atoms with Crippen LogP contribution in [0.4, 0.5) is 5.69 Å². The number of aromatic hydroxyl groups is 1. The molecular weight excluding hydrogens is 566 g/mol. The van der Waals surface area contributed by atoms with Crippen LogP contribution in [0.2, 0.25) is 0 Å². The molecule has 1 amide bonds. The second-order valence-electron chi connectivity index (χ2n) is 11.7. The number of fused-ring (bicyclic) bond motifs is 4. The van der Waals surface area contributed by atoms with Gasteiger partial charge in [-0.15, -0.1) is 10.2 Å². The fourth-order valence-corrected chi connectivity index (χ4v) is 7.61. The number of benzene rings is 2. The summed E-state index contributed by atoms with van der Waals surface area (Å²) in [6.45, 7) is 8.67.